The van der Waals surface area contributed by atoms with Crippen molar-refractivity contribution in [3.05, 3.63) is 47.8 Å². The molecule has 1 unspecified atom stereocenters. The van der Waals surface area contributed by atoms with E-state index in [0.29, 0.717) is 41.3 Å². The van der Waals surface area contributed by atoms with Crippen LogP contribution in [0, 0.1) is 11.7 Å². The van der Waals surface area contributed by atoms with Crippen molar-refractivity contribution in [3.63, 3.8) is 0 Å². The molecule has 1 aliphatic heterocycles. The Morgan fingerprint density at radius 2 is 2.00 bits per heavy atom. The molecule has 24 heavy (non-hydrogen) atoms. The lowest BCUT2D eigenvalue weighted by atomic mass is 10.00. The van der Waals surface area contributed by atoms with Crippen LogP contribution < -0.4 is 20.5 Å². The fraction of sp³-hybridized carbons (Fsp3) is 0.278. The molecule has 0 radical (unpaired) electrons. The summed E-state index contributed by atoms with van der Waals surface area (Å²) in [6.45, 7) is 1.95. The monoisotopic (exact) mass is 330 g/mol. The molecule has 0 bridgehead atoms. The molecule has 0 saturated heterocycles. The van der Waals surface area contributed by atoms with Crippen LogP contribution in [-0.2, 0) is 11.2 Å². The van der Waals surface area contributed by atoms with Gasteiger partial charge in [0.2, 0.25) is 12.7 Å². The maximum atomic E-state index is 13.6. The molecular weight excluding hydrogens is 311 g/mol. The Labute approximate surface area is 139 Å². The van der Waals surface area contributed by atoms with E-state index in [0.717, 1.165) is 0 Å². The second kappa shape index (κ2) is 6.78. The molecule has 6 heteroatoms. The Morgan fingerprint density at radius 3 is 2.75 bits per heavy atom. The van der Waals surface area contributed by atoms with E-state index >= 15 is 0 Å². The number of carbonyl (C=O) groups is 1. The van der Waals surface area contributed by atoms with Crippen LogP contribution in [0.5, 0.6) is 11.5 Å². The first-order chi connectivity index (χ1) is 11.5. The van der Waals surface area contributed by atoms with E-state index in [1.165, 1.54) is 6.07 Å². The van der Waals surface area contributed by atoms with E-state index in [2.05, 4.69) is 5.32 Å². The van der Waals surface area contributed by atoms with Gasteiger partial charge in [-0.25, -0.2) is 4.39 Å². The summed E-state index contributed by atoms with van der Waals surface area (Å²) in [5.41, 5.74) is 7.44. The summed E-state index contributed by atoms with van der Waals surface area (Å²) in [6, 6.07) is 9.87. The van der Waals surface area contributed by atoms with Gasteiger partial charge in [0.05, 0.1) is 11.4 Å². The molecule has 1 amide bonds. The third-order valence-electron chi connectivity index (χ3n) is 4.05. The summed E-state index contributed by atoms with van der Waals surface area (Å²) in [6.07, 6.45) is 1.04. The van der Waals surface area contributed by atoms with Crippen molar-refractivity contribution in [2.24, 2.45) is 5.92 Å². The highest BCUT2D eigenvalue weighted by atomic mass is 19.1. The molecule has 0 spiro atoms. The minimum absolute atomic E-state index is 0.144. The minimum Gasteiger partial charge on any atom is -0.454 e. The van der Waals surface area contributed by atoms with Gasteiger partial charge in [0.1, 0.15) is 5.82 Å². The van der Waals surface area contributed by atoms with Crippen molar-refractivity contribution in [2.75, 3.05) is 17.8 Å². The fourth-order valence-corrected chi connectivity index (χ4v) is 2.53. The summed E-state index contributed by atoms with van der Waals surface area (Å²) >= 11 is 0. The first-order valence-electron chi connectivity index (χ1n) is 7.78. The Hall–Kier alpha value is -2.76. The second-order valence-electron chi connectivity index (χ2n) is 5.81. The van der Waals surface area contributed by atoms with Gasteiger partial charge < -0.3 is 20.5 Å². The molecule has 1 aliphatic rings. The first-order valence-corrected chi connectivity index (χ1v) is 7.78. The van der Waals surface area contributed by atoms with Crippen molar-refractivity contribution in [2.45, 2.75) is 19.8 Å². The molecule has 2 aromatic rings. The third kappa shape index (κ3) is 3.42. The zero-order chi connectivity index (χ0) is 17.1. The second-order valence-corrected chi connectivity index (χ2v) is 5.81. The van der Waals surface area contributed by atoms with Gasteiger partial charge in [-0.15, -0.1) is 0 Å². The summed E-state index contributed by atoms with van der Waals surface area (Å²) in [4.78, 5) is 12.3. The Bertz CT molecular complexity index is 764. The lowest BCUT2D eigenvalue weighted by Gasteiger charge is -2.14. The topological polar surface area (TPSA) is 73.6 Å². The molecule has 0 aromatic heterocycles. The number of nitrogen functional groups attached to an aromatic ring is 1. The summed E-state index contributed by atoms with van der Waals surface area (Å²) < 4.78 is 24.1. The Morgan fingerprint density at radius 1 is 1.29 bits per heavy atom. The van der Waals surface area contributed by atoms with Gasteiger partial charge >= 0.3 is 0 Å². The van der Waals surface area contributed by atoms with Gasteiger partial charge in [-0.1, -0.05) is 25.1 Å². The molecule has 1 heterocycles. The van der Waals surface area contributed by atoms with Crippen LogP contribution in [0.25, 0.3) is 0 Å². The smallest absolute Gasteiger partial charge is 0.231 e. The van der Waals surface area contributed by atoms with E-state index in [1.54, 1.807) is 37.3 Å². The summed E-state index contributed by atoms with van der Waals surface area (Å²) in [5, 5.41) is 2.80. The number of nitrogens with two attached hydrogens (primary N) is 1. The highest BCUT2D eigenvalue weighted by molar-refractivity contribution is 5.95. The lowest BCUT2D eigenvalue weighted by Crippen LogP contribution is -2.21. The normalized spacial score (nSPS) is 13.6. The number of rotatable bonds is 5. The maximum Gasteiger partial charge on any atom is 0.231 e. The maximum absolute atomic E-state index is 13.6. The fourth-order valence-electron chi connectivity index (χ4n) is 2.53. The molecule has 3 rings (SSSR count). The first kappa shape index (κ1) is 16.1. The largest absolute Gasteiger partial charge is 0.454 e. The van der Waals surface area contributed by atoms with Crippen LogP contribution in [0.2, 0.25) is 0 Å². The molecule has 126 valence electrons. The Balaban J connectivity index is 1.61. The molecule has 0 aliphatic carbocycles. The average molecular weight is 330 g/mol. The van der Waals surface area contributed by atoms with Crippen LogP contribution in [0.1, 0.15) is 18.9 Å². The van der Waals surface area contributed by atoms with Gasteiger partial charge in [-0.2, -0.15) is 0 Å². The van der Waals surface area contributed by atoms with Crippen molar-refractivity contribution in [1.82, 2.24) is 0 Å². The number of hydrogen-bond donors (Lipinski definition) is 2. The predicted octanol–water partition coefficient (Wildman–Crippen LogP) is 3.34. The number of benzene rings is 2. The molecule has 0 saturated carbocycles. The van der Waals surface area contributed by atoms with Crippen LogP contribution in [-0.4, -0.2) is 12.7 Å². The Kier molecular flexibility index (Phi) is 4.55. The summed E-state index contributed by atoms with van der Waals surface area (Å²) in [7, 11) is 0. The van der Waals surface area contributed by atoms with Crippen molar-refractivity contribution in [3.8, 4) is 11.5 Å². The molecule has 3 N–H and O–H groups in total. The van der Waals surface area contributed by atoms with E-state index in [-0.39, 0.29) is 24.4 Å². The van der Waals surface area contributed by atoms with Gasteiger partial charge in [-0.3, -0.25) is 4.79 Å². The predicted molar refractivity (Wildman–Crippen MR) is 89.5 cm³/mol. The zero-order valence-corrected chi connectivity index (χ0v) is 13.3. The lowest BCUT2D eigenvalue weighted by molar-refractivity contribution is -0.119. The molecular formula is C18H19FN2O3. The highest BCUT2D eigenvalue weighted by Gasteiger charge is 2.19. The van der Waals surface area contributed by atoms with Crippen LogP contribution in [0.4, 0.5) is 15.8 Å². The van der Waals surface area contributed by atoms with E-state index in [4.69, 9.17) is 15.2 Å². The molecule has 1 atom stereocenters. The van der Waals surface area contributed by atoms with Gasteiger partial charge in [0, 0.05) is 18.1 Å². The van der Waals surface area contributed by atoms with Crippen molar-refractivity contribution in [1.29, 1.82) is 0 Å². The molecule has 0 fully saturated rings. The number of carbonyl (C=O) groups excluding carboxylic acids is 1. The quantitative estimate of drug-likeness (QED) is 0.825. The minimum atomic E-state index is -0.283. The number of fused-ring (bicyclic) bond motifs is 1. The number of anilines is 2. The van der Waals surface area contributed by atoms with E-state index < -0.39 is 0 Å². The van der Waals surface area contributed by atoms with Crippen LogP contribution in [0.15, 0.2) is 36.4 Å². The van der Waals surface area contributed by atoms with E-state index in [9.17, 15) is 9.18 Å². The van der Waals surface area contributed by atoms with Gasteiger partial charge in [0.15, 0.2) is 11.5 Å². The number of aryl methyl sites for hydroxylation is 1. The van der Waals surface area contributed by atoms with Gasteiger partial charge in [-0.05, 0) is 24.5 Å². The number of nitrogens with one attached hydrogen (secondary N) is 1. The molecule has 2 aromatic carbocycles. The highest BCUT2D eigenvalue weighted by Crippen LogP contribution is 2.38. The zero-order valence-electron chi connectivity index (χ0n) is 13.3. The van der Waals surface area contributed by atoms with Crippen molar-refractivity contribution < 1.29 is 18.7 Å². The number of amides is 1. The number of ether oxygens (including phenoxy) is 2. The number of halogens is 1. The number of hydrogen-bond acceptors (Lipinski definition) is 4. The van der Waals surface area contributed by atoms with Crippen LogP contribution >= 0.6 is 0 Å². The van der Waals surface area contributed by atoms with E-state index in [1.807, 2.05) is 0 Å². The van der Waals surface area contributed by atoms with Crippen LogP contribution in [0.3, 0.4) is 0 Å². The SMILES string of the molecule is CC(CCc1ccccc1F)C(=O)Nc1cc2c(cc1N)OCO2. The standard InChI is InChI=1S/C18H19FN2O3/c1-11(6-7-12-4-2-3-5-13(12)19)18(22)21-15-9-17-16(8-14(15)20)23-10-24-17/h2-5,8-9,11H,6-7,10,20H2,1H3,(H,21,22). The molecule has 5 nitrogen and oxygen atoms in total. The average Bonchev–Trinajstić information content (AvgIpc) is 3.01. The van der Waals surface area contributed by atoms with Crippen molar-refractivity contribution >= 4 is 17.3 Å². The summed E-state index contributed by atoms with van der Waals surface area (Å²) in [5.74, 6) is 0.424. The third-order valence-corrected chi connectivity index (χ3v) is 4.05. The van der Waals surface area contributed by atoms with Gasteiger partial charge in [0.25, 0.3) is 0 Å².